The van der Waals surface area contributed by atoms with Crippen molar-refractivity contribution in [3.8, 4) is 5.75 Å². The second-order valence-corrected chi connectivity index (χ2v) is 5.06. The van der Waals surface area contributed by atoms with Crippen molar-refractivity contribution in [3.05, 3.63) is 60.2 Å². The molecule has 19 heavy (non-hydrogen) atoms. The van der Waals surface area contributed by atoms with Crippen LogP contribution in [0, 0.1) is 0 Å². The maximum Gasteiger partial charge on any atom is 0.344 e. The van der Waals surface area contributed by atoms with Crippen LogP contribution in [-0.2, 0) is 10.1 Å². The van der Waals surface area contributed by atoms with Crippen molar-refractivity contribution in [2.45, 2.75) is 4.90 Å². The molecule has 0 unspecified atom stereocenters. The molecule has 0 aromatic heterocycles. The summed E-state index contributed by atoms with van der Waals surface area (Å²) in [6.45, 7) is 0. The third kappa shape index (κ3) is 3.18. The van der Waals surface area contributed by atoms with E-state index in [0.717, 1.165) is 6.07 Å². The summed E-state index contributed by atoms with van der Waals surface area (Å²) in [4.78, 5) is 11.4. The van der Waals surface area contributed by atoms with Gasteiger partial charge in [0.25, 0.3) is 10.1 Å². The number of hydrogen-bond acceptors (Lipinski definition) is 4. The zero-order valence-electron chi connectivity index (χ0n) is 9.68. The number of carbonyl (C=O) groups is 1. The van der Waals surface area contributed by atoms with Gasteiger partial charge in [0.05, 0.1) is 5.56 Å². The van der Waals surface area contributed by atoms with Gasteiger partial charge in [0.1, 0.15) is 10.6 Å². The fourth-order valence-corrected chi connectivity index (χ4v) is 2.19. The van der Waals surface area contributed by atoms with Crippen LogP contribution in [0.25, 0.3) is 0 Å². The molecule has 6 heteroatoms. The molecular weight excluding hydrogens is 268 g/mol. The molecule has 2 aromatic rings. The van der Waals surface area contributed by atoms with Gasteiger partial charge in [-0.3, -0.25) is 4.55 Å². The first-order valence-corrected chi connectivity index (χ1v) is 6.76. The standard InChI is InChI=1S/C13H10O5S/c14-13(18-10-6-2-1-3-7-10)11-8-4-5-9-12(11)19(15,16)17/h1-9H,(H,15,16,17). The van der Waals surface area contributed by atoms with Crippen molar-refractivity contribution in [2.75, 3.05) is 0 Å². The van der Waals surface area contributed by atoms with Crippen molar-refractivity contribution in [2.24, 2.45) is 0 Å². The van der Waals surface area contributed by atoms with Crippen molar-refractivity contribution < 1.29 is 22.5 Å². The third-order valence-electron chi connectivity index (χ3n) is 2.34. The van der Waals surface area contributed by atoms with Gasteiger partial charge in [-0.25, -0.2) is 4.79 Å². The van der Waals surface area contributed by atoms with Gasteiger partial charge in [-0.15, -0.1) is 0 Å². The largest absolute Gasteiger partial charge is 0.423 e. The first kappa shape index (κ1) is 13.3. The predicted octanol–water partition coefficient (Wildman–Crippen LogP) is 2.15. The van der Waals surface area contributed by atoms with Gasteiger partial charge in [0.2, 0.25) is 0 Å². The molecule has 5 nitrogen and oxygen atoms in total. The summed E-state index contributed by atoms with van der Waals surface area (Å²) < 4.78 is 36.4. The minimum Gasteiger partial charge on any atom is -0.423 e. The molecule has 2 rings (SSSR count). The van der Waals surface area contributed by atoms with Crippen LogP contribution in [0.15, 0.2) is 59.5 Å². The van der Waals surface area contributed by atoms with E-state index in [9.17, 15) is 13.2 Å². The van der Waals surface area contributed by atoms with Gasteiger partial charge >= 0.3 is 5.97 Å². The van der Waals surface area contributed by atoms with Gasteiger partial charge in [-0.1, -0.05) is 30.3 Å². The average Bonchev–Trinajstić information content (AvgIpc) is 2.39. The number of benzene rings is 2. The second-order valence-electron chi connectivity index (χ2n) is 3.67. The Morgan fingerprint density at radius 3 is 2.16 bits per heavy atom. The molecule has 1 N–H and O–H groups in total. The number of rotatable bonds is 3. The maximum absolute atomic E-state index is 11.9. The summed E-state index contributed by atoms with van der Waals surface area (Å²) in [5.41, 5.74) is -0.214. The summed E-state index contributed by atoms with van der Waals surface area (Å²) >= 11 is 0. The fourth-order valence-electron chi connectivity index (χ4n) is 1.51. The number of carbonyl (C=O) groups excluding carboxylic acids is 1. The Labute approximate surface area is 110 Å². The van der Waals surface area contributed by atoms with Crippen LogP contribution in [0.1, 0.15) is 10.4 Å². The molecule has 0 aliphatic rings. The highest BCUT2D eigenvalue weighted by atomic mass is 32.2. The van der Waals surface area contributed by atoms with Crippen LogP contribution in [0.4, 0.5) is 0 Å². The molecule has 0 heterocycles. The maximum atomic E-state index is 11.9. The monoisotopic (exact) mass is 278 g/mol. The van der Waals surface area contributed by atoms with Gasteiger partial charge in [0.15, 0.2) is 0 Å². The molecule has 0 saturated heterocycles. The molecule has 2 aromatic carbocycles. The Morgan fingerprint density at radius 2 is 1.53 bits per heavy atom. The Morgan fingerprint density at radius 1 is 0.947 bits per heavy atom. The number of para-hydroxylation sites is 1. The van der Waals surface area contributed by atoms with Crippen LogP contribution >= 0.6 is 0 Å². The minimum absolute atomic E-state index is 0.214. The van der Waals surface area contributed by atoms with Crippen LogP contribution in [-0.4, -0.2) is 18.9 Å². The summed E-state index contributed by atoms with van der Waals surface area (Å²) in [6, 6.07) is 13.5. The number of esters is 1. The highest BCUT2D eigenvalue weighted by molar-refractivity contribution is 7.86. The summed E-state index contributed by atoms with van der Waals surface area (Å²) in [5, 5.41) is 0. The number of ether oxygens (including phenoxy) is 1. The summed E-state index contributed by atoms with van der Waals surface area (Å²) in [7, 11) is -4.47. The lowest BCUT2D eigenvalue weighted by atomic mass is 10.2. The van der Waals surface area contributed by atoms with Crippen LogP contribution in [0.3, 0.4) is 0 Å². The van der Waals surface area contributed by atoms with Crippen molar-refractivity contribution in [3.63, 3.8) is 0 Å². The zero-order chi connectivity index (χ0) is 13.9. The molecule has 0 aliphatic heterocycles. The van der Waals surface area contributed by atoms with Crippen molar-refractivity contribution in [1.82, 2.24) is 0 Å². The highest BCUT2D eigenvalue weighted by Gasteiger charge is 2.21. The zero-order valence-corrected chi connectivity index (χ0v) is 10.5. The van der Waals surface area contributed by atoms with Gasteiger partial charge in [0, 0.05) is 0 Å². The predicted molar refractivity (Wildman–Crippen MR) is 67.7 cm³/mol. The fraction of sp³-hybridized carbons (Fsp3) is 0. The normalized spacial score (nSPS) is 11.0. The lowest BCUT2D eigenvalue weighted by Crippen LogP contribution is -2.13. The van der Waals surface area contributed by atoms with E-state index in [-0.39, 0.29) is 11.3 Å². The van der Waals surface area contributed by atoms with E-state index in [1.54, 1.807) is 30.3 Å². The summed E-state index contributed by atoms with van der Waals surface area (Å²) in [6.07, 6.45) is 0. The lowest BCUT2D eigenvalue weighted by Gasteiger charge is -2.07. The molecule has 0 amide bonds. The van der Waals surface area contributed by atoms with Crippen LogP contribution < -0.4 is 4.74 Å². The van der Waals surface area contributed by atoms with E-state index in [1.807, 2.05) is 0 Å². The van der Waals surface area contributed by atoms with Gasteiger partial charge < -0.3 is 4.74 Å². The van der Waals surface area contributed by atoms with E-state index in [4.69, 9.17) is 9.29 Å². The van der Waals surface area contributed by atoms with Crippen molar-refractivity contribution in [1.29, 1.82) is 0 Å². The van der Waals surface area contributed by atoms with Crippen LogP contribution in [0.5, 0.6) is 5.75 Å². The van der Waals surface area contributed by atoms with Gasteiger partial charge in [-0.2, -0.15) is 8.42 Å². The second kappa shape index (κ2) is 5.21. The smallest absolute Gasteiger partial charge is 0.344 e. The lowest BCUT2D eigenvalue weighted by molar-refractivity contribution is 0.0730. The Balaban J connectivity index is 2.35. The first-order chi connectivity index (χ1) is 8.98. The highest BCUT2D eigenvalue weighted by Crippen LogP contribution is 2.18. The molecule has 98 valence electrons. The Kier molecular flexibility index (Phi) is 3.64. The first-order valence-electron chi connectivity index (χ1n) is 5.32. The van der Waals surface area contributed by atoms with Crippen molar-refractivity contribution >= 4 is 16.1 Å². The molecule has 0 fully saturated rings. The third-order valence-corrected chi connectivity index (χ3v) is 3.25. The minimum atomic E-state index is -4.47. The Hall–Kier alpha value is -2.18. The molecule has 0 aliphatic carbocycles. The van der Waals surface area contributed by atoms with E-state index >= 15 is 0 Å². The topological polar surface area (TPSA) is 80.7 Å². The van der Waals surface area contributed by atoms with E-state index in [1.165, 1.54) is 18.2 Å². The van der Waals surface area contributed by atoms with Crippen LogP contribution in [0.2, 0.25) is 0 Å². The summed E-state index contributed by atoms with van der Waals surface area (Å²) in [5.74, 6) is -0.558. The Bertz CT molecular complexity index is 692. The molecule has 0 spiro atoms. The molecule has 0 bridgehead atoms. The van der Waals surface area contributed by atoms with E-state index in [2.05, 4.69) is 0 Å². The SMILES string of the molecule is O=C(Oc1ccccc1)c1ccccc1S(=O)(=O)O. The van der Waals surface area contributed by atoms with Gasteiger partial charge in [-0.05, 0) is 24.3 Å². The molecule has 0 atom stereocenters. The average molecular weight is 278 g/mol. The molecular formula is C13H10O5S. The number of hydrogen-bond donors (Lipinski definition) is 1. The van der Waals surface area contributed by atoms with E-state index < -0.39 is 21.0 Å². The molecule has 0 saturated carbocycles. The quantitative estimate of drug-likeness (QED) is 0.528. The molecule has 0 radical (unpaired) electrons. The van der Waals surface area contributed by atoms with E-state index in [0.29, 0.717) is 0 Å².